The van der Waals surface area contributed by atoms with Crippen molar-refractivity contribution in [2.75, 3.05) is 44.2 Å². The van der Waals surface area contributed by atoms with Crippen LogP contribution in [0.1, 0.15) is 95.5 Å². The maximum atomic E-state index is 14.0. The van der Waals surface area contributed by atoms with E-state index in [-0.39, 0.29) is 61.5 Å². The molecular weight excluding hydrogens is 761 g/mol. The maximum absolute atomic E-state index is 14.0. The van der Waals surface area contributed by atoms with Crippen LogP contribution in [0.4, 0.5) is 10.5 Å². The molecule has 0 spiro atoms. The molecule has 314 valence electrons. The van der Waals surface area contributed by atoms with Crippen molar-refractivity contribution in [1.29, 1.82) is 0 Å². The van der Waals surface area contributed by atoms with E-state index in [9.17, 15) is 29.1 Å². The molecule has 2 aliphatic heterocycles. The molecule has 2 saturated heterocycles. The first kappa shape index (κ1) is 44.0. The number of thiazole rings is 1. The highest BCUT2D eigenvalue weighted by molar-refractivity contribution is 7.13. The third-order valence-electron chi connectivity index (χ3n) is 10.2. The number of hydrogen-bond acceptors (Lipinski definition) is 11. The molecular formula is C42H58N8O7S. The predicted octanol–water partition coefficient (Wildman–Crippen LogP) is 4.45. The summed E-state index contributed by atoms with van der Waals surface area (Å²) in [5, 5.41) is 19.3. The van der Waals surface area contributed by atoms with Crippen molar-refractivity contribution in [2.24, 2.45) is 5.41 Å². The van der Waals surface area contributed by atoms with E-state index in [1.54, 1.807) is 28.5 Å². The zero-order valence-electron chi connectivity index (χ0n) is 34.8. The number of hydrogen-bond donors (Lipinski definition) is 4. The summed E-state index contributed by atoms with van der Waals surface area (Å²) in [6.07, 6.45) is 0.869. The third-order valence-corrected chi connectivity index (χ3v) is 11.2. The molecule has 15 nitrogen and oxygen atoms in total. The van der Waals surface area contributed by atoms with Gasteiger partial charge >= 0.3 is 6.09 Å². The number of β-amino-alcohol motifs (C(OH)–C–C–N with tert-alkyl or cyclic N) is 1. The molecule has 3 aromatic rings. The third kappa shape index (κ3) is 11.5. The number of nitrogens with zero attached hydrogens (tertiary/aromatic N) is 5. The first-order valence-electron chi connectivity index (χ1n) is 19.9. The Balaban J connectivity index is 1.08. The van der Waals surface area contributed by atoms with Crippen LogP contribution in [0.25, 0.3) is 10.4 Å². The number of pyridine rings is 1. The summed E-state index contributed by atoms with van der Waals surface area (Å²) in [5.74, 6) is -1.57. The Morgan fingerprint density at radius 1 is 0.948 bits per heavy atom. The number of carbonyl (C=O) groups excluding carboxylic acids is 5. The van der Waals surface area contributed by atoms with Crippen LogP contribution in [0.5, 0.6) is 0 Å². The lowest BCUT2D eigenvalue weighted by molar-refractivity contribution is -0.144. The average molecular weight is 819 g/mol. The van der Waals surface area contributed by atoms with Crippen LogP contribution in [0, 0.1) is 12.3 Å². The summed E-state index contributed by atoms with van der Waals surface area (Å²) < 4.78 is 5.47. The molecule has 58 heavy (non-hydrogen) atoms. The molecule has 0 bridgehead atoms. The van der Waals surface area contributed by atoms with Crippen molar-refractivity contribution in [3.05, 3.63) is 65.1 Å². The minimum Gasteiger partial charge on any atom is -0.444 e. The summed E-state index contributed by atoms with van der Waals surface area (Å²) in [6, 6.07) is 9.15. The molecule has 4 atom stereocenters. The highest BCUT2D eigenvalue weighted by Crippen LogP contribution is 2.30. The summed E-state index contributed by atoms with van der Waals surface area (Å²) in [4.78, 5) is 80.9. The van der Waals surface area contributed by atoms with Crippen LogP contribution in [0.2, 0.25) is 0 Å². The van der Waals surface area contributed by atoms with Crippen LogP contribution >= 0.6 is 11.3 Å². The number of ether oxygens (including phenoxy) is 1. The van der Waals surface area contributed by atoms with Gasteiger partial charge in [0.2, 0.25) is 17.7 Å². The van der Waals surface area contributed by atoms with E-state index in [1.807, 2.05) is 91.2 Å². The second-order valence-corrected chi connectivity index (χ2v) is 18.0. The number of likely N-dealkylation sites (tertiary alicyclic amines) is 1. The Hall–Kier alpha value is -5.09. The zero-order valence-corrected chi connectivity index (χ0v) is 35.6. The zero-order chi connectivity index (χ0) is 42.4. The van der Waals surface area contributed by atoms with E-state index in [0.29, 0.717) is 32.6 Å². The number of benzene rings is 1. The van der Waals surface area contributed by atoms with Gasteiger partial charge in [-0.1, -0.05) is 45.0 Å². The summed E-state index contributed by atoms with van der Waals surface area (Å²) in [5.41, 5.74) is 4.52. The van der Waals surface area contributed by atoms with Gasteiger partial charge in [0.25, 0.3) is 5.91 Å². The fourth-order valence-electron chi connectivity index (χ4n) is 6.97. The van der Waals surface area contributed by atoms with E-state index in [4.69, 9.17) is 4.74 Å². The Morgan fingerprint density at radius 2 is 1.64 bits per heavy atom. The summed E-state index contributed by atoms with van der Waals surface area (Å²) >= 11 is 1.57. The molecule has 0 aliphatic carbocycles. The molecule has 5 amide bonds. The number of amides is 5. The second-order valence-electron chi connectivity index (χ2n) is 17.1. The van der Waals surface area contributed by atoms with E-state index >= 15 is 0 Å². The molecule has 0 radical (unpaired) electrons. The highest BCUT2D eigenvalue weighted by Gasteiger charge is 2.44. The van der Waals surface area contributed by atoms with Crippen LogP contribution in [0.3, 0.4) is 0 Å². The van der Waals surface area contributed by atoms with Gasteiger partial charge in [-0.25, -0.2) is 14.8 Å². The van der Waals surface area contributed by atoms with Gasteiger partial charge in [-0.05, 0) is 69.7 Å². The van der Waals surface area contributed by atoms with Crippen LogP contribution in [-0.4, -0.2) is 118 Å². The number of piperazine rings is 1. The Morgan fingerprint density at radius 3 is 2.22 bits per heavy atom. The van der Waals surface area contributed by atoms with Gasteiger partial charge in [-0.3, -0.25) is 19.2 Å². The van der Waals surface area contributed by atoms with Crippen molar-refractivity contribution >= 4 is 46.7 Å². The quantitative estimate of drug-likeness (QED) is 0.190. The second kappa shape index (κ2) is 18.7. The van der Waals surface area contributed by atoms with Crippen molar-refractivity contribution in [3.63, 3.8) is 0 Å². The molecule has 1 aromatic carbocycles. The minimum absolute atomic E-state index is 0.0254. The van der Waals surface area contributed by atoms with Crippen LogP contribution in [-0.2, 0) is 19.1 Å². The van der Waals surface area contributed by atoms with Crippen LogP contribution in [0.15, 0.2) is 48.1 Å². The number of rotatable bonds is 12. The lowest BCUT2D eigenvalue weighted by Gasteiger charge is -2.36. The van der Waals surface area contributed by atoms with Crippen molar-refractivity contribution in [1.82, 2.24) is 35.7 Å². The van der Waals surface area contributed by atoms with Gasteiger partial charge in [0.1, 0.15) is 23.4 Å². The number of carbonyl (C=O) groups is 5. The number of anilines is 1. The standard InChI is InChI=1S/C42H58N8O7S/c1-26(28-11-13-29(14-12-28)35-27(2)45-25-58-35)46-38(54)33-22-31(51)24-50(33)39(55)36(41(3,4)5)47-34(52)10-9-17-43-37(53)32-16-15-30(23-44-32)48-18-20-49(21-19-48)40(56)57-42(6,7)8/h11-16,23,25-26,31,33,36,51H,9-10,17-22,24H2,1-8H3,(H,43,53)(H,46,54)(H,47,52)/t26-,31+,33-,36+/m0/s1. The lowest BCUT2D eigenvalue weighted by atomic mass is 9.85. The first-order chi connectivity index (χ1) is 27.3. The van der Waals surface area contributed by atoms with E-state index in [0.717, 1.165) is 27.4 Å². The van der Waals surface area contributed by atoms with Gasteiger partial charge in [-0.2, -0.15) is 0 Å². The van der Waals surface area contributed by atoms with Gasteiger partial charge in [0, 0.05) is 52.1 Å². The number of nitrogens with one attached hydrogen (secondary N) is 3. The lowest BCUT2D eigenvalue weighted by Crippen LogP contribution is -2.57. The monoisotopic (exact) mass is 818 g/mol. The SMILES string of the molecule is Cc1ncsc1-c1ccc([C@H](C)NC(=O)[C@@H]2C[C@@H](O)CN2C(=O)[C@@H](NC(=O)CCCNC(=O)c2ccc(N3CCN(C(=O)OC(C)(C)C)CC3)cn2)C(C)(C)C)cc1. The Bertz CT molecular complexity index is 1910. The largest absolute Gasteiger partial charge is 0.444 e. The predicted molar refractivity (Wildman–Crippen MR) is 222 cm³/mol. The Kier molecular flexibility index (Phi) is 14.2. The van der Waals surface area contributed by atoms with Crippen LogP contribution < -0.4 is 20.9 Å². The van der Waals surface area contributed by atoms with Gasteiger partial charge in [-0.15, -0.1) is 11.3 Å². The molecule has 16 heteroatoms. The smallest absolute Gasteiger partial charge is 0.410 e. The molecule has 2 aliphatic rings. The Labute approximate surface area is 344 Å². The van der Waals surface area contributed by atoms with Gasteiger partial charge < -0.3 is 40.5 Å². The van der Waals surface area contributed by atoms with Crippen molar-refractivity contribution in [2.45, 2.75) is 104 Å². The fourth-order valence-corrected chi connectivity index (χ4v) is 7.78. The molecule has 5 rings (SSSR count). The molecule has 2 aromatic heterocycles. The van der Waals surface area contributed by atoms with E-state index < -0.39 is 35.1 Å². The minimum atomic E-state index is -0.960. The van der Waals surface area contributed by atoms with Crippen molar-refractivity contribution < 1.29 is 33.8 Å². The summed E-state index contributed by atoms with van der Waals surface area (Å²) in [6.45, 7) is 17.3. The number of aliphatic hydroxyl groups is 1. The van der Waals surface area contributed by atoms with Crippen molar-refractivity contribution in [3.8, 4) is 10.4 Å². The van der Waals surface area contributed by atoms with Gasteiger partial charge in [0.05, 0.1) is 40.1 Å². The maximum Gasteiger partial charge on any atom is 0.410 e. The number of aromatic nitrogens is 2. The molecule has 0 saturated carbocycles. The van der Waals surface area contributed by atoms with Gasteiger partial charge in [0.15, 0.2) is 0 Å². The molecule has 4 N–H and O–H groups in total. The first-order valence-corrected chi connectivity index (χ1v) is 20.7. The van der Waals surface area contributed by atoms with E-state index in [1.165, 1.54) is 4.90 Å². The highest BCUT2D eigenvalue weighted by atomic mass is 32.1. The molecule has 2 fully saturated rings. The molecule has 0 unspecified atom stereocenters. The topological polar surface area (TPSA) is 186 Å². The van der Waals surface area contributed by atoms with E-state index in [2.05, 4.69) is 30.8 Å². The fraction of sp³-hybridized carbons (Fsp3) is 0.548. The average Bonchev–Trinajstić information content (AvgIpc) is 3.79. The summed E-state index contributed by atoms with van der Waals surface area (Å²) in [7, 11) is 0. The molecule has 4 heterocycles. The number of aryl methyl sites for hydroxylation is 1. The number of aliphatic hydroxyl groups excluding tert-OH is 1. The normalized spacial score (nSPS) is 18.3.